The molecule has 0 aliphatic heterocycles. The number of H-pyrrole nitrogens is 1. The molecule has 1 aromatic heterocycles. The molecule has 0 spiro atoms. The zero-order valence-corrected chi connectivity index (χ0v) is 8.63. The van der Waals surface area contributed by atoms with Gasteiger partial charge in [0.05, 0.1) is 5.54 Å². The van der Waals surface area contributed by atoms with Crippen molar-refractivity contribution in [1.82, 2.24) is 10.3 Å². The van der Waals surface area contributed by atoms with Gasteiger partial charge in [-0.3, -0.25) is 9.59 Å². The maximum Gasteiger partial charge on any atom is 0.260 e. The molecule has 0 bridgehead atoms. The Morgan fingerprint density at radius 2 is 2.27 bits per heavy atom. The summed E-state index contributed by atoms with van der Waals surface area (Å²) in [5, 5.41) is 2.57. The highest BCUT2D eigenvalue weighted by atomic mass is 16.2. The van der Waals surface area contributed by atoms with Crippen LogP contribution in [-0.4, -0.2) is 16.4 Å². The lowest BCUT2D eigenvalue weighted by Gasteiger charge is -2.18. The fourth-order valence-corrected chi connectivity index (χ4v) is 0.988. The van der Waals surface area contributed by atoms with E-state index in [9.17, 15) is 9.59 Å². The van der Waals surface area contributed by atoms with Crippen molar-refractivity contribution in [3.8, 4) is 12.3 Å². The quantitative estimate of drug-likeness (QED) is 0.690. The summed E-state index contributed by atoms with van der Waals surface area (Å²) < 4.78 is 0. The molecule has 15 heavy (non-hydrogen) atoms. The molecule has 2 N–H and O–H groups in total. The van der Waals surface area contributed by atoms with Gasteiger partial charge in [-0.25, -0.2) is 0 Å². The molecule has 4 heteroatoms. The van der Waals surface area contributed by atoms with Crippen molar-refractivity contribution in [2.24, 2.45) is 0 Å². The highest BCUT2D eigenvalue weighted by Crippen LogP contribution is 2.00. The van der Waals surface area contributed by atoms with Crippen molar-refractivity contribution < 1.29 is 4.79 Å². The van der Waals surface area contributed by atoms with E-state index in [0.29, 0.717) is 0 Å². The lowest BCUT2D eigenvalue weighted by Crippen LogP contribution is -2.43. The number of carbonyl (C=O) groups is 1. The predicted molar refractivity (Wildman–Crippen MR) is 57.4 cm³/mol. The number of carbonyl (C=O) groups excluding carboxylic acids is 1. The first kappa shape index (κ1) is 11.1. The van der Waals surface area contributed by atoms with E-state index in [4.69, 9.17) is 6.42 Å². The molecule has 0 saturated heterocycles. The van der Waals surface area contributed by atoms with Crippen LogP contribution in [0.15, 0.2) is 23.1 Å². The number of nitrogens with one attached hydrogen (secondary N) is 2. The molecular formula is C11H12N2O2. The van der Waals surface area contributed by atoms with E-state index >= 15 is 0 Å². The van der Waals surface area contributed by atoms with Gasteiger partial charge in [-0.1, -0.05) is 5.92 Å². The second-order valence-electron chi connectivity index (χ2n) is 3.64. The van der Waals surface area contributed by atoms with Gasteiger partial charge in [0.15, 0.2) is 0 Å². The molecule has 1 amide bonds. The second kappa shape index (κ2) is 4.01. The Morgan fingerprint density at radius 3 is 2.80 bits per heavy atom. The highest BCUT2D eigenvalue weighted by Gasteiger charge is 2.19. The smallest absolute Gasteiger partial charge is 0.260 e. The average molecular weight is 204 g/mol. The molecule has 4 nitrogen and oxygen atoms in total. The maximum absolute atomic E-state index is 11.6. The lowest BCUT2D eigenvalue weighted by molar-refractivity contribution is 0.0928. The third-order valence-electron chi connectivity index (χ3n) is 1.85. The van der Waals surface area contributed by atoms with Gasteiger partial charge in [-0.05, 0) is 26.0 Å². The number of aromatic nitrogens is 1. The van der Waals surface area contributed by atoms with E-state index in [1.165, 1.54) is 12.3 Å². The van der Waals surface area contributed by atoms with Crippen LogP contribution in [0, 0.1) is 12.3 Å². The van der Waals surface area contributed by atoms with Crippen molar-refractivity contribution in [1.29, 1.82) is 0 Å². The summed E-state index contributed by atoms with van der Waals surface area (Å²) in [7, 11) is 0. The second-order valence-corrected chi connectivity index (χ2v) is 3.64. The molecule has 0 saturated carbocycles. The van der Waals surface area contributed by atoms with E-state index < -0.39 is 17.0 Å². The largest absolute Gasteiger partial charge is 0.336 e. The van der Waals surface area contributed by atoms with Crippen LogP contribution >= 0.6 is 0 Å². The van der Waals surface area contributed by atoms with Crippen LogP contribution in [0.4, 0.5) is 0 Å². The predicted octanol–water partition coefficient (Wildman–Crippen LogP) is 0.517. The third kappa shape index (κ3) is 2.71. The van der Waals surface area contributed by atoms with E-state index in [2.05, 4.69) is 16.2 Å². The van der Waals surface area contributed by atoms with Crippen molar-refractivity contribution >= 4 is 5.91 Å². The van der Waals surface area contributed by atoms with Gasteiger partial charge >= 0.3 is 0 Å². The summed E-state index contributed by atoms with van der Waals surface area (Å²) in [5.74, 6) is 1.94. The number of hydrogen-bond acceptors (Lipinski definition) is 2. The molecule has 0 aromatic carbocycles. The van der Waals surface area contributed by atoms with Gasteiger partial charge in [0.1, 0.15) is 5.56 Å². The Hall–Kier alpha value is -2.02. The summed E-state index contributed by atoms with van der Waals surface area (Å²) in [5.41, 5.74) is -1.14. The monoisotopic (exact) mass is 204 g/mol. The first-order valence-electron chi connectivity index (χ1n) is 4.44. The van der Waals surface area contributed by atoms with Crippen molar-refractivity contribution in [2.45, 2.75) is 19.4 Å². The summed E-state index contributed by atoms with van der Waals surface area (Å²) in [6, 6.07) is 3.03. The highest BCUT2D eigenvalue weighted by molar-refractivity contribution is 5.94. The fraction of sp³-hybridized carbons (Fsp3) is 0.273. The number of aromatic amines is 1. The van der Waals surface area contributed by atoms with Crippen LogP contribution < -0.4 is 10.9 Å². The number of rotatable bonds is 2. The Morgan fingerprint density at radius 1 is 1.60 bits per heavy atom. The van der Waals surface area contributed by atoms with Gasteiger partial charge in [0, 0.05) is 6.20 Å². The Labute approximate surface area is 87.7 Å². The summed E-state index contributed by atoms with van der Waals surface area (Å²) >= 11 is 0. The Bertz CT molecular complexity index is 466. The molecule has 0 aliphatic rings. The van der Waals surface area contributed by atoms with Gasteiger partial charge in [-0.2, -0.15) is 0 Å². The molecule has 78 valence electrons. The Kier molecular flexibility index (Phi) is 2.96. The van der Waals surface area contributed by atoms with Crippen molar-refractivity contribution in [2.75, 3.05) is 0 Å². The number of pyridine rings is 1. The van der Waals surface area contributed by atoms with Crippen LogP contribution in [0.3, 0.4) is 0 Å². The molecule has 0 unspecified atom stereocenters. The van der Waals surface area contributed by atoms with E-state index in [0.717, 1.165) is 0 Å². The molecule has 1 aromatic rings. The summed E-state index contributed by atoms with van der Waals surface area (Å²) in [6.45, 7) is 3.37. The minimum absolute atomic E-state index is 0.0563. The number of hydrogen-bond donors (Lipinski definition) is 2. The number of amides is 1. The van der Waals surface area contributed by atoms with Gasteiger partial charge < -0.3 is 10.3 Å². The molecule has 0 fully saturated rings. The minimum Gasteiger partial charge on any atom is -0.336 e. The first-order valence-corrected chi connectivity index (χ1v) is 4.44. The Balaban J connectivity index is 2.94. The summed E-state index contributed by atoms with van der Waals surface area (Å²) in [4.78, 5) is 25.3. The summed E-state index contributed by atoms with van der Waals surface area (Å²) in [6.07, 6.45) is 6.68. The fourth-order valence-electron chi connectivity index (χ4n) is 0.988. The van der Waals surface area contributed by atoms with Gasteiger partial charge in [0.2, 0.25) is 0 Å². The van der Waals surface area contributed by atoms with E-state index in [1.54, 1.807) is 19.9 Å². The van der Waals surface area contributed by atoms with Gasteiger partial charge in [-0.15, -0.1) is 6.42 Å². The number of terminal acetylenes is 1. The SMILES string of the molecule is C#CC(C)(C)NC(=O)c1ccc[nH]c1=O. The minimum atomic E-state index is -0.765. The lowest BCUT2D eigenvalue weighted by atomic mass is 10.1. The standard InChI is InChI=1S/C11H12N2O2/c1-4-11(2,3)13-10(15)8-6-5-7-12-9(8)14/h1,5-7H,2-3H3,(H,12,14)(H,13,15). The molecular weight excluding hydrogens is 192 g/mol. The molecule has 1 rings (SSSR count). The maximum atomic E-state index is 11.6. The zero-order valence-electron chi connectivity index (χ0n) is 8.63. The van der Waals surface area contributed by atoms with Crippen LogP contribution in [-0.2, 0) is 0 Å². The normalized spacial score (nSPS) is 10.5. The van der Waals surface area contributed by atoms with Crippen LogP contribution in [0.2, 0.25) is 0 Å². The van der Waals surface area contributed by atoms with Crippen LogP contribution in [0.1, 0.15) is 24.2 Å². The van der Waals surface area contributed by atoms with E-state index in [-0.39, 0.29) is 5.56 Å². The first-order chi connectivity index (χ1) is 6.96. The van der Waals surface area contributed by atoms with E-state index in [1.807, 2.05) is 0 Å². The zero-order chi connectivity index (χ0) is 11.5. The van der Waals surface area contributed by atoms with Crippen LogP contribution in [0.25, 0.3) is 0 Å². The molecule has 0 aliphatic carbocycles. The average Bonchev–Trinajstić information content (AvgIpc) is 2.17. The molecule has 0 atom stereocenters. The van der Waals surface area contributed by atoms with Gasteiger partial charge in [0.25, 0.3) is 11.5 Å². The van der Waals surface area contributed by atoms with Crippen molar-refractivity contribution in [3.63, 3.8) is 0 Å². The molecule has 1 heterocycles. The van der Waals surface area contributed by atoms with Crippen LogP contribution in [0.5, 0.6) is 0 Å². The molecule has 0 radical (unpaired) electrons. The van der Waals surface area contributed by atoms with Crippen molar-refractivity contribution in [3.05, 3.63) is 34.2 Å². The topological polar surface area (TPSA) is 62.0 Å². The third-order valence-corrected chi connectivity index (χ3v) is 1.85.